The number of rotatable bonds is 8. The maximum atomic E-state index is 12.1. The number of likely N-dealkylation sites (tertiary alicyclic amines) is 1. The summed E-state index contributed by atoms with van der Waals surface area (Å²) in [5.41, 5.74) is 3.67. The number of aliphatic imine (C=N–C) groups is 1. The number of nitrogens with zero attached hydrogens (tertiary/aromatic N) is 3. The van der Waals surface area contributed by atoms with Crippen molar-refractivity contribution in [1.82, 2.24) is 20.4 Å². The van der Waals surface area contributed by atoms with Gasteiger partial charge in [-0.3, -0.25) is 9.69 Å². The molecule has 1 saturated heterocycles. The van der Waals surface area contributed by atoms with Crippen molar-refractivity contribution in [3.63, 3.8) is 0 Å². The second kappa shape index (κ2) is 12.2. The van der Waals surface area contributed by atoms with E-state index in [0.29, 0.717) is 12.5 Å². The fraction of sp³-hybridized carbons (Fsp3) is 0.462. The van der Waals surface area contributed by atoms with Gasteiger partial charge in [0, 0.05) is 20.6 Å². The Balaban J connectivity index is 1.62. The predicted molar refractivity (Wildman–Crippen MR) is 131 cm³/mol. The van der Waals surface area contributed by atoms with E-state index in [1.807, 2.05) is 18.2 Å². The Morgan fingerprint density at radius 3 is 2.31 bits per heavy atom. The predicted octanol–water partition coefficient (Wildman–Crippen LogP) is 3.56. The van der Waals surface area contributed by atoms with Gasteiger partial charge in [-0.1, -0.05) is 61.0 Å². The molecule has 0 bridgehead atoms. The maximum Gasteiger partial charge on any atom is 0.241 e. The summed E-state index contributed by atoms with van der Waals surface area (Å²) in [5.74, 6) is 0.642. The van der Waals surface area contributed by atoms with E-state index in [2.05, 4.69) is 58.9 Å². The van der Waals surface area contributed by atoms with Gasteiger partial charge in [-0.2, -0.15) is 0 Å². The molecule has 6 heteroatoms. The molecule has 0 spiro atoms. The van der Waals surface area contributed by atoms with Crippen LogP contribution in [-0.2, 0) is 17.9 Å². The lowest BCUT2D eigenvalue weighted by molar-refractivity contribution is -0.127. The van der Waals surface area contributed by atoms with E-state index in [1.54, 1.807) is 19.0 Å². The highest BCUT2D eigenvalue weighted by atomic mass is 16.2. The van der Waals surface area contributed by atoms with Gasteiger partial charge in [0.1, 0.15) is 0 Å². The maximum absolute atomic E-state index is 12.1. The van der Waals surface area contributed by atoms with E-state index < -0.39 is 0 Å². The highest BCUT2D eigenvalue weighted by molar-refractivity contribution is 5.86. The zero-order chi connectivity index (χ0) is 22.8. The fourth-order valence-electron chi connectivity index (χ4n) is 3.80. The van der Waals surface area contributed by atoms with E-state index in [0.717, 1.165) is 12.1 Å². The third-order valence-corrected chi connectivity index (χ3v) is 5.86. The number of carbonyl (C=O) groups is 1. The topological polar surface area (TPSA) is 60.0 Å². The summed E-state index contributed by atoms with van der Waals surface area (Å²) in [6.07, 6.45) is 3.99. The van der Waals surface area contributed by atoms with E-state index in [1.165, 1.54) is 43.5 Å². The van der Waals surface area contributed by atoms with Gasteiger partial charge in [0.15, 0.2) is 5.96 Å². The Bertz CT molecular complexity index is 858. The number of nitrogens with one attached hydrogen (secondary N) is 2. The molecule has 3 rings (SSSR count). The number of hydrogen-bond donors (Lipinski definition) is 2. The van der Waals surface area contributed by atoms with Crippen molar-refractivity contribution in [3.8, 4) is 0 Å². The number of carbonyl (C=O) groups excluding carboxylic acids is 1. The van der Waals surface area contributed by atoms with Gasteiger partial charge in [0.2, 0.25) is 5.91 Å². The first-order valence-electron chi connectivity index (χ1n) is 11.6. The zero-order valence-corrected chi connectivity index (χ0v) is 19.7. The lowest BCUT2D eigenvalue weighted by atomic mass is 10.1. The van der Waals surface area contributed by atoms with Crippen molar-refractivity contribution in [2.24, 2.45) is 4.99 Å². The van der Waals surface area contributed by atoms with Crippen molar-refractivity contribution >= 4 is 11.9 Å². The third-order valence-electron chi connectivity index (χ3n) is 5.86. The number of likely N-dealkylation sites (N-methyl/N-ethyl adjacent to an activating group) is 1. The summed E-state index contributed by atoms with van der Waals surface area (Å²) >= 11 is 0. The molecular weight excluding hydrogens is 398 g/mol. The summed E-state index contributed by atoms with van der Waals surface area (Å²) in [4.78, 5) is 20.9. The Kier molecular flexibility index (Phi) is 9.11. The van der Waals surface area contributed by atoms with Crippen molar-refractivity contribution in [1.29, 1.82) is 0 Å². The van der Waals surface area contributed by atoms with E-state index in [-0.39, 0.29) is 18.5 Å². The van der Waals surface area contributed by atoms with Gasteiger partial charge in [-0.15, -0.1) is 0 Å². The van der Waals surface area contributed by atoms with E-state index >= 15 is 0 Å². The molecule has 1 fully saturated rings. The van der Waals surface area contributed by atoms with Crippen molar-refractivity contribution in [3.05, 3.63) is 71.3 Å². The highest BCUT2D eigenvalue weighted by Gasteiger charge is 2.12. The molecule has 0 aliphatic carbocycles. The molecule has 32 heavy (non-hydrogen) atoms. The number of benzene rings is 2. The van der Waals surface area contributed by atoms with Gasteiger partial charge >= 0.3 is 0 Å². The van der Waals surface area contributed by atoms with Crippen LogP contribution in [-0.4, -0.2) is 55.4 Å². The van der Waals surface area contributed by atoms with Crippen LogP contribution in [0, 0.1) is 0 Å². The molecule has 1 aliphatic heterocycles. The van der Waals surface area contributed by atoms with Crippen LogP contribution >= 0.6 is 0 Å². The first-order chi connectivity index (χ1) is 15.5. The molecule has 0 radical (unpaired) electrons. The molecule has 1 heterocycles. The molecular formula is C26H37N5O. The molecule has 2 aromatic carbocycles. The molecule has 6 nitrogen and oxygen atoms in total. The zero-order valence-electron chi connectivity index (χ0n) is 19.7. The summed E-state index contributed by atoms with van der Waals surface area (Å²) < 4.78 is 0. The van der Waals surface area contributed by atoms with Crippen LogP contribution in [0.5, 0.6) is 0 Å². The molecule has 1 amide bonds. The first kappa shape index (κ1) is 23.8. The Morgan fingerprint density at radius 2 is 1.66 bits per heavy atom. The van der Waals surface area contributed by atoms with Crippen molar-refractivity contribution < 1.29 is 4.79 Å². The summed E-state index contributed by atoms with van der Waals surface area (Å²) in [7, 11) is 3.51. The van der Waals surface area contributed by atoms with Crippen LogP contribution in [0.4, 0.5) is 0 Å². The quantitative estimate of drug-likeness (QED) is 0.492. The number of guanidine groups is 1. The summed E-state index contributed by atoms with van der Waals surface area (Å²) in [5, 5.41) is 6.60. The lowest BCUT2D eigenvalue weighted by Gasteiger charge is -2.26. The largest absolute Gasteiger partial charge is 0.350 e. The van der Waals surface area contributed by atoms with Crippen molar-refractivity contribution in [2.75, 3.05) is 33.7 Å². The van der Waals surface area contributed by atoms with Crippen LogP contribution in [0.1, 0.15) is 48.9 Å². The summed E-state index contributed by atoms with van der Waals surface area (Å²) in [6.45, 7) is 6.29. The standard InChI is InChI=1S/C26H37N5O/c1-21(24-10-6-4-7-11-24)29-26(28-19-25(32)30(2)3)27-18-22-12-14-23(15-13-22)20-31-16-8-5-9-17-31/h4,6-7,10-15,21H,5,8-9,16-20H2,1-3H3,(H2,27,28,29). The van der Waals surface area contributed by atoms with E-state index in [9.17, 15) is 4.79 Å². The monoisotopic (exact) mass is 435 g/mol. The third kappa shape index (κ3) is 7.68. The van der Waals surface area contributed by atoms with Crippen LogP contribution in [0.3, 0.4) is 0 Å². The molecule has 172 valence electrons. The average molecular weight is 436 g/mol. The second-order valence-electron chi connectivity index (χ2n) is 8.74. The van der Waals surface area contributed by atoms with Gasteiger partial charge in [-0.05, 0) is 49.5 Å². The minimum atomic E-state index is 0.00827. The van der Waals surface area contributed by atoms with Gasteiger partial charge in [-0.25, -0.2) is 4.99 Å². The summed E-state index contributed by atoms with van der Waals surface area (Å²) in [6, 6.07) is 19.0. The molecule has 0 saturated carbocycles. The van der Waals surface area contributed by atoms with Crippen LogP contribution < -0.4 is 10.6 Å². The van der Waals surface area contributed by atoms with Gasteiger partial charge in [0.25, 0.3) is 0 Å². The molecule has 1 atom stereocenters. The van der Waals surface area contributed by atoms with Crippen LogP contribution in [0.2, 0.25) is 0 Å². The average Bonchev–Trinajstić information content (AvgIpc) is 2.82. The molecule has 2 N–H and O–H groups in total. The number of hydrogen-bond acceptors (Lipinski definition) is 3. The highest BCUT2D eigenvalue weighted by Crippen LogP contribution is 2.14. The molecule has 1 unspecified atom stereocenters. The SMILES string of the molecule is CC(NC(=NCc1ccc(CN2CCCCC2)cc1)NCC(=O)N(C)C)c1ccccc1. The molecule has 2 aromatic rings. The minimum absolute atomic E-state index is 0.00827. The van der Waals surface area contributed by atoms with Gasteiger partial charge in [0.05, 0.1) is 19.1 Å². The van der Waals surface area contributed by atoms with E-state index in [4.69, 9.17) is 4.99 Å². The lowest BCUT2D eigenvalue weighted by Crippen LogP contribution is -2.43. The van der Waals surface area contributed by atoms with Gasteiger partial charge < -0.3 is 15.5 Å². The van der Waals surface area contributed by atoms with Crippen LogP contribution in [0.25, 0.3) is 0 Å². The van der Waals surface area contributed by atoms with Crippen LogP contribution in [0.15, 0.2) is 59.6 Å². The Morgan fingerprint density at radius 1 is 1.00 bits per heavy atom. The molecule has 1 aliphatic rings. The van der Waals surface area contributed by atoms with Crippen molar-refractivity contribution in [2.45, 2.75) is 45.3 Å². The fourth-order valence-corrected chi connectivity index (χ4v) is 3.80. The smallest absolute Gasteiger partial charge is 0.241 e. The first-order valence-corrected chi connectivity index (χ1v) is 11.6. The number of amides is 1. The normalized spacial score (nSPS) is 15.8. The Labute approximate surface area is 192 Å². The minimum Gasteiger partial charge on any atom is -0.350 e. The molecule has 0 aromatic heterocycles. The number of piperidine rings is 1. The Hall–Kier alpha value is -2.86. The second-order valence-corrected chi connectivity index (χ2v) is 8.74.